The van der Waals surface area contributed by atoms with Crippen molar-refractivity contribution in [1.29, 1.82) is 0 Å². The van der Waals surface area contributed by atoms with E-state index in [4.69, 9.17) is 4.74 Å². The van der Waals surface area contributed by atoms with E-state index in [2.05, 4.69) is 24.3 Å². The maximum absolute atomic E-state index is 13.3. The molecule has 0 N–H and O–H groups in total. The molecule has 5 heteroatoms. The first kappa shape index (κ1) is 19.9. The Balaban J connectivity index is 1.76. The van der Waals surface area contributed by atoms with Crippen molar-refractivity contribution in [2.75, 3.05) is 20.2 Å². The van der Waals surface area contributed by atoms with Crippen LogP contribution in [0, 0.1) is 26.7 Å². The van der Waals surface area contributed by atoms with Gasteiger partial charge in [-0.1, -0.05) is 30.3 Å². The highest BCUT2D eigenvalue weighted by Gasteiger charge is 2.31. The van der Waals surface area contributed by atoms with Crippen LogP contribution in [0.4, 0.5) is 0 Å². The van der Waals surface area contributed by atoms with Crippen molar-refractivity contribution >= 4 is 10.0 Å². The maximum atomic E-state index is 13.3. The molecule has 0 amide bonds. The molecule has 0 aromatic heterocycles. The Hall–Kier alpha value is -1.85. The fraction of sp³-hybridized carbons (Fsp3) is 0.455. The van der Waals surface area contributed by atoms with Crippen molar-refractivity contribution in [3.8, 4) is 5.75 Å². The summed E-state index contributed by atoms with van der Waals surface area (Å²) >= 11 is 0. The van der Waals surface area contributed by atoms with E-state index in [9.17, 15) is 8.42 Å². The average molecular weight is 388 g/mol. The second kappa shape index (κ2) is 8.03. The molecule has 0 radical (unpaired) electrons. The lowest BCUT2D eigenvalue weighted by molar-refractivity contribution is 0.272. The zero-order valence-corrected chi connectivity index (χ0v) is 17.5. The Morgan fingerprint density at radius 2 is 1.67 bits per heavy atom. The molecule has 0 unspecified atom stereocenters. The van der Waals surface area contributed by atoms with Crippen LogP contribution < -0.4 is 4.74 Å². The maximum Gasteiger partial charge on any atom is 0.243 e. The summed E-state index contributed by atoms with van der Waals surface area (Å²) in [5.74, 6) is 1.31. The number of ether oxygens (including phenoxy) is 1. The van der Waals surface area contributed by atoms with Crippen LogP contribution in [0.5, 0.6) is 5.75 Å². The average Bonchev–Trinajstić information content (AvgIpc) is 2.66. The molecule has 1 fully saturated rings. The zero-order chi connectivity index (χ0) is 19.6. The smallest absolute Gasteiger partial charge is 0.243 e. The van der Waals surface area contributed by atoms with Gasteiger partial charge in [0.2, 0.25) is 10.0 Å². The molecule has 146 valence electrons. The first-order valence-electron chi connectivity index (χ1n) is 9.53. The molecule has 1 saturated heterocycles. The summed E-state index contributed by atoms with van der Waals surface area (Å²) in [5.41, 5.74) is 3.87. The van der Waals surface area contributed by atoms with Crippen LogP contribution in [-0.2, 0) is 16.4 Å². The Morgan fingerprint density at radius 3 is 2.26 bits per heavy atom. The zero-order valence-electron chi connectivity index (χ0n) is 16.7. The third-order valence-corrected chi connectivity index (χ3v) is 7.77. The summed E-state index contributed by atoms with van der Waals surface area (Å²) in [7, 11) is -1.86. The SMILES string of the molecule is COc1c(C)cc(S(=O)(=O)N2CCC(Cc3ccccc3)CC2)c(C)c1C. The number of benzene rings is 2. The van der Waals surface area contributed by atoms with E-state index >= 15 is 0 Å². The van der Waals surface area contributed by atoms with Gasteiger partial charge in [0.05, 0.1) is 12.0 Å². The molecule has 0 saturated carbocycles. The monoisotopic (exact) mass is 387 g/mol. The van der Waals surface area contributed by atoms with Crippen molar-refractivity contribution in [3.05, 3.63) is 58.7 Å². The lowest BCUT2D eigenvalue weighted by Crippen LogP contribution is -2.39. The number of rotatable bonds is 5. The van der Waals surface area contributed by atoms with Gasteiger partial charge in [-0.3, -0.25) is 0 Å². The third kappa shape index (κ3) is 4.04. The summed E-state index contributed by atoms with van der Waals surface area (Å²) in [6, 6.07) is 12.2. The van der Waals surface area contributed by atoms with Gasteiger partial charge in [-0.2, -0.15) is 4.31 Å². The molecular weight excluding hydrogens is 358 g/mol. The molecule has 3 rings (SSSR count). The number of hydrogen-bond acceptors (Lipinski definition) is 3. The van der Waals surface area contributed by atoms with Gasteiger partial charge in [-0.25, -0.2) is 8.42 Å². The molecule has 1 aliphatic rings. The molecule has 1 heterocycles. The third-order valence-electron chi connectivity index (χ3n) is 5.74. The predicted octanol–water partition coefficient (Wildman–Crippen LogP) is 4.26. The second-order valence-corrected chi connectivity index (χ2v) is 9.42. The van der Waals surface area contributed by atoms with Gasteiger partial charge in [0.25, 0.3) is 0 Å². The molecular formula is C22H29NO3S. The van der Waals surface area contributed by atoms with Gasteiger partial charge in [-0.15, -0.1) is 0 Å². The van der Waals surface area contributed by atoms with E-state index in [1.807, 2.05) is 26.8 Å². The minimum atomic E-state index is -3.48. The van der Waals surface area contributed by atoms with Crippen LogP contribution in [0.15, 0.2) is 41.3 Å². The van der Waals surface area contributed by atoms with E-state index in [1.54, 1.807) is 17.5 Å². The molecule has 2 aromatic rings. The van der Waals surface area contributed by atoms with Gasteiger partial charge in [0, 0.05) is 13.1 Å². The summed E-state index contributed by atoms with van der Waals surface area (Å²) in [5, 5.41) is 0. The standard InChI is InChI=1S/C22H29NO3S/c1-16-14-21(17(2)18(3)22(16)26-4)27(24,25)23-12-10-20(11-13-23)15-19-8-6-5-7-9-19/h5-9,14,20H,10-13,15H2,1-4H3. The summed E-state index contributed by atoms with van der Waals surface area (Å²) < 4.78 is 33.6. The minimum absolute atomic E-state index is 0.416. The van der Waals surface area contributed by atoms with Gasteiger partial charge < -0.3 is 4.74 Å². The van der Waals surface area contributed by atoms with Crippen molar-refractivity contribution < 1.29 is 13.2 Å². The lowest BCUT2D eigenvalue weighted by atomic mass is 9.91. The predicted molar refractivity (Wildman–Crippen MR) is 109 cm³/mol. The minimum Gasteiger partial charge on any atom is -0.496 e. The van der Waals surface area contributed by atoms with Gasteiger partial charge in [-0.05, 0) is 74.3 Å². The molecule has 0 spiro atoms. The summed E-state index contributed by atoms with van der Waals surface area (Å²) in [6.07, 6.45) is 2.83. The number of aryl methyl sites for hydroxylation is 1. The normalized spacial score (nSPS) is 16.4. The second-order valence-electron chi connectivity index (χ2n) is 7.51. The highest BCUT2D eigenvalue weighted by Crippen LogP contribution is 2.34. The van der Waals surface area contributed by atoms with E-state index in [1.165, 1.54) is 5.56 Å². The highest BCUT2D eigenvalue weighted by molar-refractivity contribution is 7.89. The van der Waals surface area contributed by atoms with Crippen LogP contribution in [0.3, 0.4) is 0 Å². The molecule has 0 atom stereocenters. The molecule has 0 bridgehead atoms. The quantitative estimate of drug-likeness (QED) is 0.770. The lowest BCUT2D eigenvalue weighted by Gasteiger charge is -2.32. The number of piperidine rings is 1. The van der Waals surface area contributed by atoms with Gasteiger partial charge in [0.15, 0.2) is 0 Å². The summed E-state index contributed by atoms with van der Waals surface area (Å²) in [6.45, 7) is 6.86. The molecule has 27 heavy (non-hydrogen) atoms. The van der Waals surface area contributed by atoms with Crippen molar-refractivity contribution in [3.63, 3.8) is 0 Å². The number of methoxy groups -OCH3 is 1. The number of sulfonamides is 1. The van der Waals surface area contributed by atoms with E-state index in [0.29, 0.717) is 23.9 Å². The van der Waals surface area contributed by atoms with Crippen molar-refractivity contribution in [2.45, 2.75) is 44.9 Å². The van der Waals surface area contributed by atoms with Crippen LogP contribution in [-0.4, -0.2) is 32.9 Å². The number of hydrogen-bond donors (Lipinski definition) is 0. The molecule has 2 aromatic carbocycles. The Morgan fingerprint density at radius 1 is 1.04 bits per heavy atom. The van der Waals surface area contributed by atoms with Crippen molar-refractivity contribution in [1.82, 2.24) is 4.31 Å². The molecule has 1 aliphatic heterocycles. The Bertz CT molecular complexity index is 899. The topological polar surface area (TPSA) is 46.6 Å². The number of nitrogens with zero attached hydrogens (tertiary/aromatic N) is 1. The van der Waals surface area contributed by atoms with Crippen LogP contribution >= 0.6 is 0 Å². The van der Waals surface area contributed by atoms with Crippen molar-refractivity contribution in [2.24, 2.45) is 5.92 Å². The van der Waals surface area contributed by atoms with Gasteiger partial charge in [0.1, 0.15) is 5.75 Å². The van der Waals surface area contributed by atoms with E-state index in [-0.39, 0.29) is 0 Å². The van der Waals surface area contributed by atoms with Crippen LogP contribution in [0.1, 0.15) is 35.1 Å². The fourth-order valence-corrected chi connectivity index (χ4v) is 5.88. The highest BCUT2D eigenvalue weighted by atomic mass is 32.2. The largest absolute Gasteiger partial charge is 0.496 e. The van der Waals surface area contributed by atoms with E-state index in [0.717, 1.165) is 41.7 Å². The Labute approximate surface area is 163 Å². The summed E-state index contributed by atoms with van der Waals surface area (Å²) in [4.78, 5) is 0.416. The fourth-order valence-electron chi connectivity index (χ4n) is 4.04. The first-order valence-corrected chi connectivity index (χ1v) is 11.0. The van der Waals surface area contributed by atoms with Crippen LogP contribution in [0.2, 0.25) is 0 Å². The molecule has 0 aliphatic carbocycles. The first-order chi connectivity index (χ1) is 12.8. The van der Waals surface area contributed by atoms with E-state index < -0.39 is 10.0 Å². The van der Waals surface area contributed by atoms with Crippen LogP contribution in [0.25, 0.3) is 0 Å². The molecule has 4 nitrogen and oxygen atoms in total. The van der Waals surface area contributed by atoms with Gasteiger partial charge >= 0.3 is 0 Å². The Kier molecular flexibility index (Phi) is 5.92.